The highest BCUT2D eigenvalue weighted by molar-refractivity contribution is 5.86. The molecule has 0 saturated carbocycles. The van der Waals surface area contributed by atoms with Gasteiger partial charge in [-0.3, -0.25) is 4.40 Å². The predicted molar refractivity (Wildman–Crippen MR) is 116 cm³/mol. The third-order valence-corrected chi connectivity index (χ3v) is 6.17. The first-order valence-corrected chi connectivity index (χ1v) is 9.90. The number of rotatable bonds is 2. The maximum atomic E-state index is 5.62. The first kappa shape index (κ1) is 16.4. The highest BCUT2D eigenvalue weighted by Crippen LogP contribution is 2.49. The van der Waals surface area contributed by atoms with E-state index in [-0.39, 0.29) is 5.41 Å². The monoisotopic (exact) mass is 376 g/mol. The average Bonchev–Trinajstić information content (AvgIpc) is 3.40. The van der Waals surface area contributed by atoms with Crippen molar-refractivity contribution in [2.75, 3.05) is 0 Å². The molecule has 2 heterocycles. The van der Waals surface area contributed by atoms with E-state index in [2.05, 4.69) is 68.4 Å². The smallest absolute Gasteiger partial charge is 0.306 e. The molecule has 5 aromatic rings. The van der Waals surface area contributed by atoms with Gasteiger partial charge in [0.25, 0.3) is 0 Å². The van der Waals surface area contributed by atoms with Gasteiger partial charge in [-0.1, -0.05) is 80.6 Å². The van der Waals surface area contributed by atoms with E-state index in [1.165, 1.54) is 22.3 Å². The Morgan fingerprint density at radius 1 is 0.793 bits per heavy atom. The number of benzene rings is 3. The summed E-state index contributed by atoms with van der Waals surface area (Å²) in [4.78, 5) is 4.78. The third kappa shape index (κ3) is 2.21. The molecular weight excluding hydrogens is 356 g/mol. The molecular formula is C26H20N2O. The first-order valence-electron chi connectivity index (χ1n) is 9.90. The molecule has 3 heteroatoms. The summed E-state index contributed by atoms with van der Waals surface area (Å²) in [6.45, 7) is 4.62. The van der Waals surface area contributed by atoms with Crippen LogP contribution in [0.25, 0.3) is 39.5 Å². The van der Waals surface area contributed by atoms with Crippen molar-refractivity contribution in [3.8, 4) is 33.6 Å². The lowest BCUT2D eigenvalue weighted by atomic mass is 9.82. The van der Waals surface area contributed by atoms with Gasteiger partial charge in [0.1, 0.15) is 12.0 Å². The largest absolute Gasteiger partial charge is 0.432 e. The van der Waals surface area contributed by atoms with E-state index >= 15 is 0 Å². The van der Waals surface area contributed by atoms with Crippen molar-refractivity contribution in [3.05, 3.63) is 96.4 Å². The van der Waals surface area contributed by atoms with E-state index in [4.69, 9.17) is 9.40 Å². The Balaban J connectivity index is 1.61. The molecule has 0 amide bonds. The van der Waals surface area contributed by atoms with Gasteiger partial charge in [0.05, 0.1) is 5.69 Å². The Bertz CT molecular complexity index is 1370. The van der Waals surface area contributed by atoms with Crippen molar-refractivity contribution >= 4 is 5.84 Å². The average molecular weight is 376 g/mol. The van der Waals surface area contributed by atoms with Gasteiger partial charge in [-0.15, -0.1) is 0 Å². The Morgan fingerprint density at radius 2 is 1.55 bits per heavy atom. The first-order chi connectivity index (χ1) is 14.1. The van der Waals surface area contributed by atoms with Gasteiger partial charge in [-0.05, 0) is 28.3 Å². The van der Waals surface area contributed by atoms with Crippen LogP contribution in [0.1, 0.15) is 25.0 Å². The Hall–Kier alpha value is -3.59. The zero-order valence-corrected chi connectivity index (χ0v) is 16.4. The van der Waals surface area contributed by atoms with Crippen LogP contribution in [0.4, 0.5) is 0 Å². The summed E-state index contributed by atoms with van der Waals surface area (Å²) in [6, 6.07) is 25.8. The van der Waals surface area contributed by atoms with Crippen molar-refractivity contribution in [1.29, 1.82) is 0 Å². The molecule has 3 nitrogen and oxygen atoms in total. The molecule has 0 bridgehead atoms. The summed E-state index contributed by atoms with van der Waals surface area (Å²) in [5.74, 6) is 0.613. The highest BCUT2D eigenvalue weighted by Gasteiger charge is 2.35. The minimum atomic E-state index is -0.0327. The van der Waals surface area contributed by atoms with E-state index in [1.807, 2.05) is 28.8 Å². The number of hydrogen-bond acceptors (Lipinski definition) is 2. The molecule has 0 unspecified atom stereocenters. The fourth-order valence-corrected chi connectivity index (χ4v) is 4.71. The van der Waals surface area contributed by atoms with Crippen LogP contribution in [0.5, 0.6) is 0 Å². The zero-order valence-electron chi connectivity index (χ0n) is 16.4. The molecule has 1 aliphatic carbocycles. The second-order valence-electron chi connectivity index (χ2n) is 8.16. The molecule has 6 rings (SSSR count). The Kier molecular flexibility index (Phi) is 3.22. The van der Waals surface area contributed by atoms with Gasteiger partial charge in [-0.2, -0.15) is 4.98 Å². The van der Waals surface area contributed by atoms with Crippen LogP contribution in [-0.2, 0) is 5.41 Å². The van der Waals surface area contributed by atoms with Crippen LogP contribution in [0.15, 0.2) is 89.7 Å². The fraction of sp³-hybridized carbons (Fsp3) is 0.115. The van der Waals surface area contributed by atoms with Crippen molar-refractivity contribution in [2.45, 2.75) is 19.3 Å². The van der Waals surface area contributed by atoms with E-state index in [9.17, 15) is 0 Å². The second kappa shape index (κ2) is 5.71. The number of aromatic nitrogens is 2. The summed E-state index contributed by atoms with van der Waals surface area (Å²) in [5.41, 5.74) is 9.61. The van der Waals surface area contributed by atoms with Gasteiger partial charge in [0.2, 0.25) is 0 Å². The molecule has 0 fully saturated rings. The summed E-state index contributed by atoms with van der Waals surface area (Å²) in [6.07, 6.45) is 3.63. The lowest BCUT2D eigenvalue weighted by Crippen LogP contribution is -2.14. The van der Waals surface area contributed by atoms with Crippen LogP contribution in [0.3, 0.4) is 0 Å². The predicted octanol–water partition coefficient (Wildman–Crippen LogP) is 6.57. The second-order valence-corrected chi connectivity index (χ2v) is 8.16. The number of oxazole rings is 1. The molecule has 0 spiro atoms. The molecule has 0 aliphatic heterocycles. The van der Waals surface area contributed by atoms with Crippen LogP contribution >= 0.6 is 0 Å². The number of hydrogen-bond donors (Lipinski definition) is 0. The van der Waals surface area contributed by atoms with Gasteiger partial charge in [0, 0.05) is 22.7 Å². The van der Waals surface area contributed by atoms with Crippen molar-refractivity contribution in [1.82, 2.24) is 9.38 Å². The van der Waals surface area contributed by atoms with E-state index < -0.39 is 0 Å². The molecule has 0 saturated heterocycles. The normalized spacial score (nSPS) is 14.1. The maximum Gasteiger partial charge on any atom is 0.306 e. The highest BCUT2D eigenvalue weighted by atomic mass is 16.3. The Labute approximate surface area is 169 Å². The zero-order chi connectivity index (χ0) is 19.6. The Morgan fingerprint density at radius 3 is 2.41 bits per heavy atom. The maximum absolute atomic E-state index is 5.62. The van der Waals surface area contributed by atoms with Crippen LogP contribution in [0.2, 0.25) is 0 Å². The number of fused-ring (bicyclic) bond motifs is 4. The van der Waals surface area contributed by atoms with Crippen molar-refractivity contribution in [2.24, 2.45) is 0 Å². The summed E-state index contributed by atoms with van der Waals surface area (Å²) < 4.78 is 7.66. The lowest BCUT2D eigenvalue weighted by molar-refractivity contribution is 0.596. The quantitative estimate of drug-likeness (QED) is 0.349. The van der Waals surface area contributed by atoms with Crippen LogP contribution in [-0.4, -0.2) is 9.38 Å². The van der Waals surface area contributed by atoms with E-state index in [0.717, 1.165) is 22.5 Å². The van der Waals surface area contributed by atoms with Gasteiger partial charge >= 0.3 is 5.84 Å². The summed E-state index contributed by atoms with van der Waals surface area (Å²) >= 11 is 0. The molecule has 0 N–H and O–H groups in total. The van der Waals surface area contributed by atoms with Gasteiger partial charge in [0.15, 0.2) is 0 Å². The fourth-order valence-electron chi connectivity index (χ4n) is 4.71. The van der Waals surface area contributed by atoms with Crippen LogP contribution < -0.4 is 0 Å². The van der Waals surface area contributed by atoms with Gasteiger partial charge in [-0.25, -0.2) is 0 Å². The number of imidazole rings is 1. The SMILES string of the molecule is CC1(C)c2ccccc2-c2ccc(-c3c(-c4ccccc4)nc4occn34)cc21. The van der Waals surface area contributed by atoms with Crippen molar-refractivity contribution in [3.63, 3.8) is 0 Å². The molecule has 140 valence electrons. The minimum absolute atomic E-state index is 0.0327. The topological polar surface area (TPSA) is 30.4 Å². The summed E-state index contributed by atoms with van der Waals surface area (Å²) in [5, 5.41) is 0. The van der Waals surface area contributed by atoms with Crippen LogP contribution in [0, 0.1) is 0 Å². The van der Waals surface area contributed by atoms with E-state index in [1.54, 1.807) is 6.26 Å². The third-order valence-electron chi connectivity index (χ3n) is 6.17. The molecule has 1 aliphatic rings. The molecule has 0 radical (unpaired) electrons. The molecule has 3 aromatic carbocycles. The molecule has 0 atom stereocenters. The minimum Gasteiger partial charge on any atom is -0.432 e. The lowest BCUT2D eigenvalue weighted by Gasteiger charge is -2.22. The standard InChI is InChI=1S/C26H20N2O/c1-26(2)21-11-7-6-10-19(21)20-13-12-18(16-22(20)26)24-23(17-8-4-3-5-9-17)27-25-28(24)14-15-29-25/h3-16H,1-2H3. The van der Waals surface area contributed by atoms with E-state index in [0.29, 0.717) is 5.84 Å². The molecule has 29 heavy (non-hydrogen) atoms. The van der Waals surface area contributed by atoms with Crippen molar-refractivity contribution < 1.29 is 4.42 Å². The van der Waals surface area contributed by atoms with Gasteiger partial charge < -0.3 is 4.42 Å². The summed E-state index contributed by atoms with van der Waals surface area (Å²) in [7, 11) is 0. The molecule has 2 aromatic heterocycles. The number of nitrogens with zero attached hydrogens (tertiary/aromatic N) is 2.